The van der Waals surface area contributed by atoms with Gasteiger partial charge in [-0.05, 0) is 93.6 Å². The van der Waals surface area contributed by atoms with Crippen LogP contribution in [0.25, 0.3) is 0 Å². The zero-order chi connectivity index (χ0) is 24.5. The zero-order valence-electron chi connectivity index (χ0n) is 19.9. The van der Waals surface area contributed by atoms with Crippen LogP contribution in [0.3, 0.4) is 0 Å². The number of hydrogen-bond donors (Lipinski definition) is 3. The molecule has 0 radical (unpaired) electrons. The number of nitrogens with zero attached hydrogens (tertiary/aromatic N) is 1. The Balaban J connectivity index is 1.57. The van der Waals surface area contributed by atoms with Gasteiger partial charge in [-0.25, -0.2) is 4.39 Å². The number of hydrogen-bond acceptors (Lipinski definition) is 4. The molecule has 2 aromatic rings. The molecule has 1 fully saturated rings. The molecule has 0 bridgehead atoms. The van der Waals surface area contributed by atoms with Crippen molar-refractivity contribution in [2.45, 2.75) is 39.0 Å². The Kier molecular flexibility index (Phi) is 9.89. The van der Waals surface area contributed by atoms with Crippen LogP contribution in [0.4, 0.5) is 4.39 Å². The SMILES string of the molecule is CCCN1CCC(CNC(=N)NC(=O)c2cccc(F)c2CCc2cc(Br)ccc2OC)CC1. The van der Waals surface area contributed by atoms with E-state index in [4.69, 9.17) is 10.1 Å². The van der Waals surface area contributed by atoms with E-state index in [-0.39, 0.29) is 11.5 Å². The Labute approximate surface area is 209 Å². The van der Waals surface area contributed by atoms with Crippen LogP contribution in [-0.4, -0.2) is 50.1 Å². The Morgan fingerprint density at radius 1 is 1.24 bits per heavy atom. The van der Waals surface area contributed by atoms with Gasteiger partial charge in [0.1, 0.15) is 11.6 Å². The largest absolute Gasteiger partial charge is 0.496 e. The Morgan fingerprint density at radius 3 is 2.71 bits per heavy atom. The average molecular weight is 533 g/mol. The summed E-state index contributed by atoms with van der Waals surface area (Å²) in [7, 11) is 1.60. The lowest BCUT2D eigenvalue weighted by Gasteiger charge is -2.31. The topological polar surface area (TPSA) is 77.5 Å². The second-order valence-corrected chi connectivity index (χ2v) is 9.63. The van der Waals surface area contributed by atoms with Crippen molar-refractivity contribution < 1.29 is 13.9 Å². The number of guanidine groups is 1. The third-order valence-electron chi connectivity index (χ3n) is 6.30. The van der Waals surface area contributed by atoms with E-state index in [1.807, 2.05) is 18.2 Å². The summed E-state index contributed by atoms with van der Waals surface area (Å²) in [5.74, 6) is 0.239. The molecule has 1 saturated heterocycles. The molecule has 3 N–H and O–H groups in total. The number of amides is 1. The molecule has 34 heavy (non-hydrogen) atoms. The minimum atomic E-state index is -0.481. The van der Waals surface area contributed by atoms with Crippen LogP contribution in [0.5, 0.6) is 5.75 Å². The third kappa shape index (κ3) is 7.27. The number of aryl methyl sites for hydroxylation is 1. The maximum Gasteiger partial charge on any atom is 0.258 e. The van der Waals surface area contributed by atoms with E-state index < -0.39 is 11.7 Å². The van der Waals surface area contributed by atoms with E-state index in [1.165, 1.54) is 12.1 Å². The standard InChI is InChI=1S/C26H34BrFN4O2/c1-3-13-32-14-11-18(12-15-32)17-30-26(29)31-25(33)22-5-4-6-23(28)21(22)9-7-19-16-20(27)8-10-24(19)34-2/h4-6,8,10,16,18H,3,7,9,11-15,17H2,1-2H3,(H3,29,30,31,33). The summed E-state index contributed by atoms with van der Waals surface area (Å²) in [6.07, 6.45) is 4.18. The Morgan fingerprint density at radius 2 is 2.00 bits per heavy atom. The van der Waals surface area contributed by atoms with Crippen molar-refractivity contribution in [1.82, 2.24) is 15.5 Å². The summed E-state index contributed by atoms with van der Waals surface area (Å²) in [6.45, 7) is 6.14. The highest BCUT2D eigenvalue weighted by Gasteiger charge is 2.20. The van der Waals surface area contributed by atoms with Crippen molar-refractivity contribution in [2.24, 2.45) is 5.92 Å². The smallest absolute Gasteiger partial charge is 0.258 e. The summed E-state index contributed by atoms with van der Waals surface area (Å²) in [5, 5.41) is 13.8. The Hall–Kier alpha value is -2.45. The number of methoxy groups -OCH3 is 1. The van der Waals surface area contributed by atoms with Crippen molar-refractivity contribution in [3.05, 3.63) is 63.4 Å². The molecule has 0 saturated carbocycles. The first-order valence-electron chi connectivity index (χ1n) is 11.9. The fourth-order valence-electron chi connectivity index (χ4n) is 4.43. The highest BCUT2D eigenvalue weighted by molar-refractivity contribution is 9.10. The molecule has 6 nitrogen and oxygen atoms in total. The van der Waals surface area contributed by atoms with Crippen LogP contribution in [0.15, 0.2) is 40.9 Å². The maximum absolute atomic E-state index is 14.7. The first kappa shape index (κ1) is 26.2. The second-order valence-electron chi connectivity index (χ2n) is 8.72. The maximum atomic E-state index is 14.7. The molecule has 1 aliphatic heterocycles. The number of rotatable bonds is 9. The van der Waals surface area contributed by atoms with Crippen molar-refractivity contribution >= 4 is 27.8 Å². The number of halogens is 2. The molecule has 1 amide bonds. The molecule has 8 heteroatoms. The lowest BCUT2D eigenvalue weighted by Crippen LogP contribution is -2.44. The number of carbonyl (C=O) groups is 1. The number of nitrogens with one attached hydrogen (secondary N) is 3. The van der Waals surface area contributed by atoms with E-state index in [9.17, 15) is 9.18 Å². The molecule has 2 aromatic carbocycles. The van der Waals surface area contributed by atoms with Crippen LogP contribution in [0.2, 0.25) is 0 Å². The molecular formula is C26H34BrFN4O2. The average Bonchev–Trinajstić information content (AvgIpc) is 2.83. The van der Waals surface area contributed by atoms with Crippen LogP contribution in [-0.2, 0) is 12.8 Å². The minimum absolute atomic E-state index is 0.0511. The van der Waals surface area contributed by atoms with Crippen LogP contribution < -0.4 is 15.4 Å². The van der Waals surface area contributed by atoms with Crippen LogP contribution >= 0.6 is 15.9 Å². The van der Waals surface area contributed by atoms with E-state index >= 15 is 0 Å². The number of piperidine rings is 1. The van der Waals surface area contributed by atoms with Crippen molar-refractivity contribution in [3.8, 4) is 5.75 Å². The van der Waals surface area contributed by atoms with Gasteiger partial charge in [-0.2, -0.15) is 0 Å². The zero-order valence-corrected chi connectivity index (χ0v) is 21.5. The quantitative estimate of drug-likeness (QED) is 0.321. The minimum Gasteiger partial charge on any atom is -0.496 e. The first-order valence-corrected chi connectivity index (χ1v) is 12.7. The summed E-state index contributed by atoms with van der Waals surface area (Å²) in [4.78, 5) is 15.4. The lowest BCUT2D eigenvalue weighted by molar-refractivity contribution is 0.0973. The van der Waals surface area contributed by atoms with Gasteiger partial charge in [-0.3, -0.25) is 15.5 Å². The van der Waals surface area contributed by atoms with Gasteiger partial charge in [0.05, 0.1) is 7.11 Å². The number of benzene rings is 2. The fraction of sp³-hybridized carbons (Fsp3) is 0.462. The van der Waals surface area contributed by atoms with Gasteiger partial charge >= 0.3 is 0 Å². The van der Waals surface area contributed by atoms with E-state index in [2.05, 4.69) is 38.4 Å². The summed E-state index contributed by atoms with van der Waals surface area (Å²) in [6, 6.07) is 10.2. The monoisotopic (exact) mass is 532 g/mol. The van der Waals surface area contributed by atoms with Gasteiger partial charge < -0.3 is 15.0 Å². The summed E-state index contributed by atoms with van der Waals surface area (Å²) < 4.78 is 21.0. The molecule has 0 spiro atoms. The molecule has 1 heterocycles. The second kappa shape index (κ2) is 12.9. The lowest BCUT2D eigenvalue weighted by atomic mass is 9.97. The van der Waals surface area contributed by atoms with Crippen molar-refractivity contribution in [1.29, 1.82) is 5.41 Å². The molecule has 0 unspecified atom stereocenters. The van der Waals surface area contributed by atoms with Gasteiger partial charge in [0.2, 0.25) is 0 Å². The molecule has 3 rings (SSSR count). The molecular weight excluding hydrogens is 499 g/mol. The number of ether oxygens (including phenoxy) is 1. The highest BCUT2D eigenvalue weighted by Crippen LogP contribution is 2.25. The fourth-order valence-corrected chi connectivity index (χ4v) is 4.84. The van der Waals surface area contributed by atoms with Crippen LogP contribution in [0.1, 0.15) is 47.7 Å². The normalized spacial score (nSPS) is 14.6. The van der Waals surface area contributed by atoms with Gasteiger partial charge in [0.25, 0.3) is 5.91 Å². The van der Waals surface area contributed by atoms with Gasteiger partial charge in [0, 0.05) is 22.1 Å². The molecule has 0 atom stereocenters. The summed E-state index contributed by atoms with van der Waals surface area (Å²) in [5.41, 5.74) is 1.50. The van der Waals surface area contributed by atoms with E-state index in [0.717, 1.165) is 54.7 Å². The van der Waals surface area contributed by atoms with E-state index in [0.29, 0.717) is 30.9 Å². The molecule has 0 aliphatic carbocycles. The molecule has 184 valence electrons. The number of carbonyl (C=O) groups excluding carboxylic acids is 1. The van der Waals surface area contributed by atoms with E-state index in [1.54, 1.807) is 13.2 Å². The highest BCUT2D eigenvalue weighted by atomic mass is 79.9. The summed E-state index contributed by atoms with van der Waals surface area (Å²) >= 11 is 3.46. The van der Waals surface area contributed by atoms with Gasteiger partial charge in [-0.15, -0.1) is 0 Å². The first-order chi connectivity index (χ1) is 16.4. The third-order valence-corrected chi connectivity index (χ3v) is 6.80. The Bertz CT molecular complexity index is 993. The van der Waals surface area contributed by atoms with Gasteiger partial charge in [-0.1, -0.05) is 28.9 Å². The molecule has 0 aromatic heterocycles. The molecule has 1 aliphatic rings. The van der Waals surface area contributed by atoms with Crippen molar-refractivity contribution in [3.63, 3.8) is 0 Å². The predicted octanol–water partition coefficient (Wildman–Crippen LogP) is 4.76. The number of likely N-dealkylation sites (tertiary alicyclic amines) is 1. The van der Waals surface area contributed by atoms with Crippen molar-refractivity contribution in [2.75, 3.05) is 33.3 Å². The predicted molar refractivity (Wildman–Crippen MR) is 137 cm³/mol. The van der Waals surface area contributed by atoms with Gasteiger partial charge in [0.15, 0.2) is 5.96 Å². The van der Waals surface area contributed by atoms with Crippen LogP contribution in [0, 0.1) is 17.1 Å².